The Morgan fingerprint density at radius 3 is 2.09 bits per heavy atom. The lowest BCUT2D eigenvalue weighted by Gasteiger charge is -2.24. The number of hydrogen-bond donors (Lipinski definition) is 1. The van der Waals surface area contributed by atoms with Crippen LogP contribution in [0.5, 0.6) is 0 Å². The average molecular weight is 479 g/mol. The van der Waals surface area contributed by atoms with Crippen molar-refractivity contribution in [1.29, 1.82) is 0 Å². The van der Waals surface area contributed by atoms with E-state index >= 15 is 0 Å². The Bertz CT molecular complexity index is 1080. The second kappa shape index (κ2) is 10.7. The van der Waals surface area contributed by atoms with Gasteiger partial charge in [-0.3, -0.25) is 19.3 Å². The van der Waals surface area contributed by atoms with E-state index in [1.807, 2.05) is 60.7 Å². The number of anilines is 1. The lowest BCUT2D eigenvalue weighted by Crippen LogP contribution is -2.35. The van der Waals surface area contributed by atoms with Crippen LogP contribution in [0.1, 0.15) is 23.5 Å². The van der Waals surface area contributed by atoms with Crippen LogP contribution in [0.4, 0.5) is 5.69 Å². The number of likely N-dealkylation sites (tertiary alicyclic amines) is 1. The van der Waals surface area contributed by atoms with Crippen LogP contribution in [0.25, 0.3) is 0 Å². The molecule has 3 amide bonds. The third kappa shape index (κ3) is 5.83. The molecule has 0 bridgehead atoms. The molecule has 1 aliphatic heterocycles. The average Bonchev–Trinajstić information content (AvgIpc) is 3.11. The fourth-order valence-electron chi connectivity index (χ4n) is 3.84. The second-order valence-corrected chi connectivity index (χ2v) is 9.40. The fraction of sp³-hybridized carbons (Fsp3) is 0.192. The van der Waals surface area contributed by atoms with Crippen molar-refractivity contribution in [3.63, 3.8) is 0 Å². The van der Waals surface area contributed by atoms with Gasteiger partial charge in [0.25, 0.3) is 0 Å². The van der Waals surface area contributed by atoms with Crippen molar-refractivity contribution < 1.29 is 14.4 Å². The molecule has 3 aromatic carbocycles. The van der Waals surface area contributed by atoms with Crippen LogP contribution in [0.15, 0.2) is 84.9 Å². The van der Waals surface area contributed by atoms with Gasteiger partial charge < -0.3 is 5.32 Å². The first-order valence-corrected chi connectivity index (χ1v) is 12.0. The molecule has 1 atom stereocenters. The summed E-state index contributed by atoms with van der Waals surface area (Å²) in [6, 6.07) is 26.6. The number of carbonyl (C=O) groups excluding carboxylic acids is 3. The molecular formula is C26H23ClN2O3S. The van der Waals surface area contributed by atoms with Gasteiger partial charge in [0.1, 0.15) is 0 Å². The Morgan fingerprint density at radius 2 is 1.52 bits per heavy atom. The Hall–Kier alpha value is -3.09. The van der Waals surface area contributed by atoms with Gasteiger partial charge in [0, 0.05) is 29.6 Å². The lowest BCUT2D eigenvalue weighted by atomic mass is 9.91. The maximum atomic E-state index is 13.1. The molecule has 0 aromatic heterocycles. The van der Waals surface area contributed by atoms with Crippen LogP contribution >= 0.6 is 23.4 Å². The molecular weight excluding hydrogens is 456 g/mol. The zero-order chi connectivity index (χ0) is 23.2. The first-order chi connectivity index (χ1) is 16.0. The third-order valence-corrected chi connectivity index (χ3v) is 6.97. The van der Waals surface area contributed by atoms with Gasteiger partial charge in [-0.05, 0) is 35.4 Å². The summed E-state index contributed by atoms with van der Waals surface area (Å²) < 4.78 is 0. The SMILES string of the molecule is O=C(CS[C@@H]1CC(=O)N(CC(c2ccccc2)c2ccccc2)C1=O)Nc1ccc(Cl)cc1. The summed E-state index contributed by atoms with van der Waals surface area (Å²) in [4.78, 5) is 39.4. The molecule has 1 heterocycles. The first kappa shape index (κ1) is 23.1. The highest BCUT2D eigenvalue weighted by atomic mass is 35.5. The largest absolute Gasteiger partial charge is 0.325 e. The molecule has 3 aromatic rings. The quantitative estimate of drug-likeness (QED) is 0.464. The van der Waals surface area contributed by atoms with Gasteiger partial charge in [0.05, 0.1) is 11.0 Å². The summed E-state index contributed by atoms with van der Waals surface area (Å²) in [5.41, 5.74) is 2.72. The Kier molecular flexibility index (Phi) is 7.47. The van der Waals surface area contributed by atoms with Crippen molar-refractivity contribution in [3.05, 3.63) is 101 Å². The highest BCUT2D eigenvalue weighted by Gasteiger charge is 2.40. The van der Waals surface area contributed by atoms with Gasteiger partial charge in [-0.1, -0.05) is 72.3 Å². The molecule has 33 heavy (non-hydrogen) atoms. The van der Waals surface area contributed by atoms with Gasteiger partial charge in [-0.2, -0.15) is 0 Å². The Labute approximate surface area is 202 Å². The number of nitrogens with one attached hydrogen (secondary N) is 1. The fourth-order valence-corrected chi connectivity index (χ4v) is 4.92. The molecule has 0 aliphatic carbocycles. The zero-order valence-electron chi connectivity index (χ0n) is 17.8. The van der Waals surface area contributed by atoms with E-state index in [9.17, 15) is 14.4 Å². The lowest BCUT2D eigenvalue weighted by molar-refractivity contribution is -0.138. The number of halogens is 1. The highest BCUT2D eigenvalue weighted by Crippen LogP contribution is 2.31. The first-order valence-electron chi connectivity index (χ1n) is 10.6. The molecule has 1 saturated heterocycles. The number of hydrogen-bond acceptors (Lipinski definition) is 4. The minimum Gasteiger partial charge on any atom is -0.325 e. The van der Waals surface area contributed by atoms with E-state index in [2.05, 4.69) is 5.32 Å². The highest BCUT2D eigenvalue weighted by molar-refractivity contribution is 8.01. The smallest absolute Gasteiger partial charge is 0.242 e. The Balaban J connectivity index is 1.40. The maximum absolute atomic E-state index is 13.1. The van der Waals surface area contributed by atoms with Gasteiger partial charge in [0.2, 0.25) is 17.7 Å². The van der Waals surface area contributed by atoms with E-state index in [4.69, 9.17) is 11.6 Å². The minimum atomic E-state index is -0.555. The number of benzene rings is 3. The summed E-state index contributed by atoms with van der Waals surface area (Å²) >= 11 is 7.06. The third-order valence-electron chi connectivity index (χ3n) is 5.52. The monoisotopic (exact) mass is 478 g/mol. The molecule has 168 valence electrons. The van der Waals surface area contributed by atoms with E-state index in [1.165, 1.54) is 16.7 Å². The number of thioether (sulfide) groups is 1. The molecule has 4 rings (SSSR count). The summed E-state index contributed by atoms with van der Waals surface area (Å²) in [5.74, 6) is -0.695. The minimum absolute atomic E-state index is 0.0843. The molecule has 1 aliphatic rings. The molecule has 0 unspecified atom stereocenters. The van der Waals surface area contributed by atoms with Crippen LogP contribution in [0.2, 0.25) is 5.02 Å². The number of nitrogens with zero attached hydrogens (tertiary/aromatic N) is 1. The van der Waals surface area contributed by atoms with Crippen LogP contribution in [0, 0.1) is 0 Å². The molecule has 5 nitrogen and oxygen atoms in total. The number of carbonyl (C=O) groups is 3. The molecule has 1 N–H and O–H groups in total. The van der Waals surface area contributed by atoms with Crippen molar-refractivity contribution in [2.24, 2.45) is 0 Å². The zero-order valence-corrected chi connectivity index (χ0v) is 19.4. The van der Waals surface area contributed by atoms with Crippen molar-refractivity contribution >= 4 is 46.8 Å². The second-order valence-electron chi connectivity index (χ2n) is 7.78. The predicted molar refractivity (Wildman–Crippen MR) is 132 cm³/mol. The molecule has 0 spiro atoms. The molecule has 1 fully saturated rings. The van der Waals surface area contributed by atoms with Gasteiger partial charge in [-0.25, -0.2) is 0 Å². The summed E-state index contributed by atoms with van der Waals surface area (Å²) in [5, 5.41) is 2.81. The van der Waals surface area contributed by atoms with Crippen LogP contribution in [-0.4, -0.2) is 40.2 Å². The van der Waals surface area contributed by atoms with E-state index in [1.54, 1.807) is 24.3 Å². The summed E-state index contributed by atoms with van der Waals surface area (Å²) in [6.45, 7) is 0.278. The van der Waals surface area contributed by atoms with Crippen molar-refractivity contribution in [3.8, 4) is 0 Å². The van der Waals surface area contributed by atoms with Crippen molar-refractivity contribution in [2.75, 3.05) is 17.6 Å². The van der Waals surface area contributed by atoms with Crippen LogP contribution in [-0.2, 0) is 14.4 Å². The maximum Gasteiger partial charge on any atom is 0.242 e. The number of imide groups is 1. The molecule has 0 saturated carbocycles. The Morgan fingerprint density at radius 1 is 0.939 bits per heavy atom. The number of rotatable bonds is 8. The summed E-state index contributed by atoms with van der Waals surface area (Å²) in [7, 11) is 0. The number of amides is 3. The van der Waals surface area contributed by atoms with E-state index < -0.39 is 5.25 Å². The standard InChI is InChI=1S/C26H23ClN2O3S/c27-20-11-13-21(14-12-20)28-24(30)17-33-23-15-25(31)29(26(23)32)16-22(18-7-3-1-4-8-18)19-9-5-2-6-10-19/h1-14,22-23H,15-17H2,(H,28,30)/t23-/m1/s1. The topological polar surface area (TPSA) is 66.5 Å². The normalized spacial score (nSPS) is 15.8. The van der Waals surface area contributed by atoms with E-state index in [-0.39, 0.29) is 42.4 Å². The molecule has 7 heteroatoms. The van der Waals surface area contributed by atoms with Crippen LogP contribution in [0.3, 0.4) is 0 Å². The summed E-state index contributed by atoms with van der Waals surface area (Å²) in [6.07, 6.45) is 0.105. The van der Waals surface area contributed by atoms with E-state index in [0.29, 0.717) is 10.7 Å². The van der Waals surface area contributed by atoms with E-state index in [0.717, 1.165) is 11.1 Å². The van der Waals surface area contributed by atoms with Crippen molar-refractivity contribution in [2.45, 2.75) is 17.6 Å². The van der Waals surface area contributed by atoms with Crippen LogP contribution < -0.4 is 5.32 Å². The van der Waals surface area contributed by atoms with Gasteiger partial charge >= 0.3 is 0 Å². The molecule has 0 radical (unpaired) electrons. The predicted octanol–water partition coefficient (Wildman–Crippen LogP) is 4.97. The van der Waals surface area contributed by atoms with Gasteiger partial charge in [-0.15, -0.1) is 11.8 Å². The van der Waals surface area contributed by atoms with Crippen molar-refractivity contribution in [1.82, 2.24) is 4.90 Å². The van der Waals surface area contributed by atoms with Gasteiger partial charge in [0.15, 0.2) is 0 Å².